The second-order valence-electron chi connectivity index (χ2n) is 13.3. The van der Waals surface area contributed by atoms with Gasteiger partial charge in [-0.2, -0.15) is 0 Å². The van der Waals surface area contributed by atoms with Gasteiger partial charge in [0.15, 0.2) is 34.5 Å². The summed E-state index contributed by atoms with van der Waals surface area (Å²) in [5.41, 5.74) is 5.92. The van der Waals surface area contributed by atoms with Gasteiger partial charge in [0.2, 0.25) is 5.75 Å². The van der Waals surface area contributed by atoms with Crippen molar-refractivity contribution in [3.63, 3.8) is 0 Å². The first-order chi connectivity index (χ1) is 25.0. The fraction of sp³-hybridized carbons (Fsp3) is 0.385. The second kappa shape index (κ2) is 12.3. The van der Waals surface area contributed by atoms with Crippen LogP contribution in [-0.2, 0) is 25.7 Å². The van der Waals surface area contributed by atoms with Gasteiger partial charge < -0.3 is 32.9 Å². The molecule has 0 saturated heterocycles. The van der Waals surface area contributed by atoms with Gasteiger partial charge in [-0.25, -0.2) is 0 Å². The first kappa shape index (κ1) is 24.7. The lowest BCUT2D eigenvalue weighted by atomic mass is 9.86. The zero-order valence-electron chi connectivity index (χ0n) is 33.5. The first-order valence-corrected chi connectivity index (χ1v) is 15.9. The molecule has 0 amide bonds. The monoisotopic (exact) mass is 643 g/mol. The molecule has 0 saturated carbocycles. The topological polar surface area (TPSA) is 58.6 Å². The van der Waals surface area contributed by atoms with Gasteiger partial charge in [0.1, 0.15) is 11.8 Å². The van der Waals surface area contributed by atoms with Gasteiger partial charge in [0, 0.05) is 25.4 Å². The standard InChI is InChI=1S/C39H45N2O6/c1-40-16-14-26-21-33(43-5)35-23-29(26)30(40)18-24-8-11-28(12-9-24)46-39-37-27(22-36(44-6)38(39)45-7)15-17-41(2,3)31(37)19-25-10-13-32(42-4)34(20-25)47-35/h8-13,20-23,30-31H,14-19H2,1-7H3/q+1/t30-,31+/m0/s1/i4D3,7D3. The molecule has 0 aliphatic carbocycles. The summed E-state index contributed by atoms with van der Waals surface area (Å²) in [6.45, 7) is 1.63. The smallest absolute Gasteiger partial charge is 0.204 e. The highest BCUT2D eigenvalue weighted by molar-refractivity contribution is 5.62. The van der Waals surface area contributed by atoms with Crippen LogP contribution in [0.15, 0.2) is 60.7 Å². The number of hydrogen-bond acceptors (Lipinski definition) is 7. The lowest BCUT2D eigenvalue weighted by molar-refractivity contribution is -0.923. The Kier molecular flexibility index (Phi) is 6.48. The number of hydrogen-bond donors (Lipinski definition) is 0. The SMILES string of the molecule is [2H]C([2H])([2H])Oc1ccc2cc1Oc1cc3c(cc1OC)CCN(C)[C@H]3Cc1ccc(cc1)Oc1c(OC([2H])([2H])[2H])c(OC)cc3c1[C@@H](C2)[N+](C)(C)CC3. The molecule has 0 spiro atoms. The van der Waals surface area contributed by atoms with Crippen LogP contribution in [0.4, 0.5) is 0 Å². The quantitative estimate of drug-likeness (QED) is 0.216. The van der Waals surface area contributed by atoms with Gasteiger partial charge in [-0.1, -0.05) is 18.2 Å². The largest absolute Gasteiger partial charge is 0.493 e. The van der Waals surface area contributed by atoms with Crippen molar-refractivity contribution >= 4 is 0 Å². The Labute approximate surface area is 286 Å². The first-order valence-electron chi connectivity index (χ1n) is 18.9. The molecule has 0 radical (unpaired) electrons. The third-order valence-corrected chi connectivity index (χ3v) is 10.2. The van der Waals surface area contributed by atoms with Crippen LogP contribution in [0.2, 0.25) is 0 Å². The van der Waals surface area contributed by atoms with Crippen molar-refractivity contribution in [1.82, 2.24) is 4.90 Å². The molecule has 0 aromatic heterocycles. The number of quaternary nitrogens is 1. The maximum atomic E-state index is 8.05. The highest BCUT2D eigenvalue weighted by Crippen LogP contribution is 2.52. The molecular weight excluding hydrogens is 592 g/mol. The molecule has 4 aliphatic heterocycles. The minimum atomic E-state index is -2.78. The van der Waals surface area contributed by atoms with E-state index in [1.807, 2.05) is 54.6 Å². The molecule has 246 valence electrons. The van der Waals surface area contributed by atoms with E-state index < -0.39 is 14.1 Å². The van der Waals surface area contributed by atoms with Gasteiger partial charge >= 0.3 is 0 Å². The normalized spacial score (nSPS) is 22.1. The summed E-state index contributed by atoms with van der Waals surface area (Å²) in [5, 5.41) is 0. The summed E-state index contributed by atoms with van der Waals surface area (Å²) in [6, 6.07) is 18.7. The molecule has 4 aliphatic rings. The van der Waals surface area contributed by atoms with E-state index in [1.165, 1.54) is 7.11 Å². The van der Waals surface area contributed by atoms with E-state index in [9.17, 15) is 0 Å². The van der Waals surface area contributed by atoms with Crippen molar-refractivity contribution in [3.8, 4) is 46.0 Å². The molecule has 4 heterocycles. The van der Waals surface area contributed by atoms with Crippen LogP contribution in [0.5, 0.6) is 46.0 Å². The molecule has 0 N–H and O–H groups in total. The van der Waals surface area contributed by atoms with Crippen LogP contribution >= 0.6 is 0 Å². The molecule has 4 aromatic carbocycles. The summed E-state index contributed by atoms with van der Waals surface area (Å²) in [6.07, 6.45) is 2.66. The third-order valence-electron chi connectivity index (χ3n) is 10.2. The highest BCUT2D eigenvalue weighted by atomic mass is 16.5. The molecule has 0 unspecified atom stereocenters. The Morgan fingerprint density at radius 2 is 1.51 bits per heavy atom. The second-order valence-corrected chi connectivity index (χ2v) is 13.3. The summed E-state index contributed by atoms with van der Waals surface area (Å²) in [5.74, 6) is 2.37. The lowest BCUT2D eigenvalue weighted by Crippen LogP contribution is -2.48. The van der Waals surface area contributed by atoms with Gasteiger partial charge in [-0.15, -0.1) is 0 Å². The summed E-state index contributed by atoms with van der Waals surface area (Å²) >= 11 is 0. The van der Waals surface area contributed by atoms with Crippen molar-refractivity contribution in [3.05, 3.63) is 94.0 Å². The fourth-order valence-electron chi connectivity index (χ4n) is 7.43. The maximum absolute atomic E-state index is 8.05. The molecule has 0 fully saturated rings. The molecule has 4 aromatic rings. The van der Waals surface area contributed by atoms with E-state index in [0.29, 0.717) is 41.0 Å². The molecule has 6 bridgehead atoms. The Morgan fingerprint density at radius 3 is 2.28 bits per heavy atom. The summed E-state index contributed by atoms with van der Waals surface area (Å²) in [4.78, 5) is 2.31. The zero-order chi connectivity index (χ0) is 37.9. The van der Waals surface area contributed by atoms with Crippen LogP contribution in [-0.4, -0.2) is 71.9 Å². The van der Waals surface area contributed by atoms with Gasteiger partial charge in [0.05, 0.1) is 62.7 Å². The minimum absolute atomic E-state index is 0.00372. The van der Waals surface area contributed by atoms with Gasteiger partial charge in [0.25, 0.3) is 0 Å². The van der Waals surface area contributed by atoms with Crippen LogP contribution in [0.25, 0.3) is 0 Å². The van der Waals surface area contributed by atoms with E-state index >= 15 is 0 Å². The van der Waals surface area contributed by atoms with Gasteiger partial charge in [-0.3, -0.25) is 4.90 Å². The zero-order valence-corrected chi connectivity index (χ0v) is 27.5. The molecule has 8 nitrogen and oxygen atoms in total. The molecule has 8 rings (SSSR count). The molecular formula is C39H45N2O6+. The average Bonchev–Trinajstić information content (AvgIpc) is 3.08. The van der Waals surface area contributed by atoms with Crippen LogP contribution in [0.3, 0.4) is 0 Å². The fourth-order valence-corrected chi connectivity index (χ4v) is 7.43. The van der Waals surface area contributed by atoms with Crippen molar-refractivity contribution in [1.29, 1.82) is 0 Å². The summed E-state index contributed by atoms with van der Waals surface area (Å²) < 4.78 is 84.4. The number of benzene rings is 4. The highest BCUT2D eigenvalue weighted by Gasteiger charge is 2.41. The number of rotatable bonds is 4. The van der Waals surface area contributed by atoms with Crippen molar-refractivity contribution < 1.29 is 41.1 Å². The van der Waals surface area contributed by atoms with Crippen molar-refractivity contribution in [2.75, 3.05) is 62.5 Å². The van der Waals surface area contributed by atoms with Crippen LogP contribution in [0, 0.1) is 0 Å². The summed E-state index contributed by atoms with van der Waals surface area (Å²) in [7, 11) is 3.93. The lowest BCUT2D eigenvalue weighted by Gasteiger charge is -2.43. The molecule has 2 atom stereocenters. The van der Waals surface area contributed by atoms with E-state index in [2.05, 4.69) is 26.0 Å². The Balaban J connectivity index is 1.47. The number of methoxy groups -OCH3 is 4. The number of nitrogens with zero attached hydrogens (tertiary/aromatic N) is 2. The Morgan fingerprint density at radius 1 is 0.766 bits per heavy atom. The number of ether oxygens (including phenoxy) is 6. The number of likely N-dealkylation sites (N-methyl/N-ethyl adjacent to an activating group) is 2. The van der Waals surface area contributed by atoms with E-state index in [-0.39, 0.29) is 40.8 Å². The predicted molar refractivity (Wildman–Crippen MR) is 182 cm³/mol. The van der Waals surface area contributed by atoms with E-state index in [0.717, 1.165) is 52.9 Å². The van der Waals surface area contributed by atoms with E-state index in [1.54, 1.807) is 13.2 Å². The third kappa shape index (κ3) is 5.63. The average molecular weight is 644 g/mol. The van der Waals surface area contributed by atoms with Crippen molar-refractivity contribution in [2.45, 2.75) is 37.8 Å². The van der Waals surface area contributed by atoms with Crippen LogP contribution in [0.1, 0.15) is 53.7 Å². The predicted octanol–water partition coefficient (Wildman–Crippen LogP) is 7.31. The molecule has 8 heteroatoms. The minimum Gasteiger partial charge on any atom is -0.493 e. The van der Waals surface area contributed by atoms with Crippen LogP contribution < -0.4 is 28.4 Å². The molecule has 47 heavy (non-hydrogen) atoms. The van der Waals surface area contributed by atoms with Crippen molar-refractivity contribution in [2.24, 2.45) is 0 Å². The maximum Gasteiger partial charge on any atom is 0.204 e. The Hall–Kier alpha value is -4.40. The van der Waals surface area contributed by atoms with Gasteiger partial charge in [-0.05, 0) is 90.2 Å². The van der Waals surface area contributed by atoms with E-state index in [4.69, 9.17) is 36.6 Å². The number of fused-ring (bicyclic) bond motifs is 2. The Bertz CT molecular complexity index is 2010.